The molecular weight excluding hydrogens is 344 g/mol. The summed E-state index contributed by atoms with van der Waals surface area (Å²) in [5, 5.41) is 12.5. The van der Waals surface area contributed by atoms with Crippen LogP contribution in [0, 0.1) is 11.3 Å². The molecule has 6 nitrogen and oxygen atoms in total. The highest BCUT2D eigenvalue weighted by molar-refractivity contribution is 5.96. The van der Waals surface area contributed by atoms with E-state index < -0.39 is 5.60 Å². The van der Waals surface area contributed by atoms with Crippen molar-refractivity contribution in [3.63, 3.8) is 0 Å². The monoisotopic (exact) mass is 370 g/mol. The molecule has 6 heteroatoms. The Morgan fingerprint density at radius 2 is 1.89 bits per heavy atom. The lowest BCUT2D eigenvalue weighted by Gasteiger charge is -2.19. The molecule has 0 spiro atoms. The van der Waals surface area contributed by atoms with E-state index in [4.69, 9.17) is 14.4 Å². The Balaban J connectivity index is 1.65. The summed E-state index contributed by atoms with van der Waals surface area (Å²) < 4.78 is 10.8. The van der Waals surface area contributed by atoms with Gasteiger partial charge in [0.1, 0.15) is 11.2 Å². The minimum atomic E-state index is -0.436. The molecule has 2 aromatic rings. The molecule has 2 rings (SSSR count). The van der Waals surface area contributed by atoms with Gasteiger partial charge in [-0.05, 0) is 57.9 Å². The van der Waals surface area contributed by atoms with Crippen molar-refractivity contribution in [1.82, 2.24) is 5.32 Å². The summed E-state index contributed by atoms with van der Waals surface area (Å²) in [7, 11) is 0. The van der Waals surface area contributed by atoms with Gasteiger partial charge in [0.2, 0.25) is 0 Å². The van der Waals surface area contributed by atoms with E-state index in [-0.39, 0.29) is 17.6 Å². The van der Waals surface area contributed by atoms with Gasteiger partial charge in [-0.25, -0.2) is 0 Å². The summed E-state index contributed by atoms with van der Waals surface area (Å²) in [6.45, 7) is 6.12. The number of nitrogens with zero attached hydrogens (tertiary/aromatic N) is 1. The third-order valence-corrected chi connectivity index (χ3v) is 3.89. The molecule has 0 aliphatic rings. The van der Waals surface area contributed by atoms with Gasteiger partial charge in [0.05, 0.1) is 11.6 Å². The second-order valence-corrected chi connectivity index (χ2v) is 7.48. The number of hydrogen-bond donors (Lipinski definition) is 1. The molecule has 0 fully saturated rings. The fourth-order valence-electron chi connectivity index (χ4n) is 2.64. The van der Waals surface area contributed by atoms with Crippen LogP contribution in [0.2, 0.25) is 0 Å². The first-order chi connectivity index (χ1) is 12.8. The Labute approximate surface area is 159 Å². The molecule has 0 unspecified atom stereocenters. The Morgan fingerprint density at radius 1 is 1.15 bits per heavy atom. The standard InChI is InChI=1S/C21H26N2O4/c1-21(2,3)27-19(24)8-6-4-5-7-11-23-20(25)18-13-16-10-9-15(14-22)12-17(16)26-18/h9-10,12-13H,4-8,11H2,1-3H3,(H,23,25). The first-order valence-electron chi connectivity index (χ1n) is 9.22. The molecule has 0 aliphatic carbocycles. The Morgan fingerprint density at radius 3 is 2.59 bits per heavy atom. The number of esters is 1. The zero-order chi connectivity index (χ0) is 19.9. The van der Waals surface area contributed by atoms with Gasteiger partial charge >= 0.3 is 5.97 Å². The minimum absolute atomic E-state index is 0.166. The quantitative estimate of drug-likeness (QED) is 0.551. The number of nitrogens with one attached hydrogen (secondary N) is 1. The first kappa shape index (κ1) is 20.5. The second kappa shape index (κ2) is 9.22. The molecule has 1 amide bonds. The van der Waals surface area contributed by atoms with Crippen LogP contribution in [-0.2, 0) is 9.53 Å². The van der Waals surface area contributed by atoms with E-state index in [2.05, 4.69) is 5.32 Å². The van der Waals surface area contributed by atoms with Crippen LogP contribution in [0.25, 0.3) is 11.0 Å². The van der Waals surface area contributed by atoms with Crippen LogP contribution in [0.4, 0.5) is 0 Å². The highest BCUT2D eigenvalue weighted by Gasteiger charge is 2.15. The molecule has 0 radical (unpaired) electrons. The summed E-state index contributed by atoms with van der Waals surface area (Å²) in [6.07, 6.45) is 3.88. The maximum absolute atomic E-state index is 12.1. The number of carbonyl (C=O) groups is 2. The molecule has 1 aromatic carbocycles. The van der Waals surface area contributed by atoms with Crippen molar-refractivity contribution >= 4 is 22.8 Å². The van der Waals surface area contributed by atoms with Gasteiger partial charge in [-0.15, -0.1) is 0 Å². The molecule has 0 atom stereocenters. The molecule has 0 saturated heterocycles. The van der Waals surface area contributed by atoms with Crippen LogP contribution >= 0.6 is 0 Å². The summed E-state index contributed by atoms with van der Waals surface area (Å²) in [6, 6.07) is 8.79. The zero-order valence-corrected chi connectivity index (χ0v) is 16.1. The van der Waals surface area contributed by atoms with Crippen molar-refractivity contribution < 1.29 is 18.7 Å². The summed E-state index contributed by atoms with van der Waals surface area (Å²) in [4.78, 5) is 23.7. The summed E-state index contributed by atoms with van der Waals surface area (Å²) in [5.41, 5.74) is 0.588. The van der Waals surface area contributed by atoms with E-state index in [9.17, 15) is 9.59 Å². The Kier molecular flexibility index (Phi) is 7.00. The number of unbranched alkanes of at least 4 members (excludes halogenated alkanes) is 3. The van der Waals surface area contributed by atoms with Gasteiger partial charge in [0, 0.05) is 18.4 Å². The largest absolute Gasteiger partial charge is 0.460 e. The smallest absolute Gasteiger partial charge is 0.306 e. The highest BCUT2D eigenvalue weighted by Crippen LogP contribution is 2.20. The van der Waals surface area contributed by atoms with Crippen LogP contribution in [0.3, 0.4) is 0 Å². The van der Waals surface area contributed by atoms with Crippen LogP contribution < -0.4 is 5.32 Å². The average molecular weight is 370 g/mol. The molecule has 1 N–H and O–H groups in total. The van der Waals surface area contributed by atoms with E-state index in [1.54, 1.807) is 24.3 Å². The fourth-order valence-corrected chi connectivity index (χ4v) is 2.64. The topological polar surface area (TPSA) is 92.3 Å². The maximum Gasteiger partial charge on any atom is 0.306 e. The number of nitriles is 1. The van der Waals surface area contributed by atoms with Crippen molar-refractivity contribution in [2.24, 2.45) is 0 Å². The number of carbonyl (C=O) groups excluding carboxylic acids is 2. The molecule has 1 heterocycles. The number of benzene rings is 1. The number of amides is 1. The lowest BCUT2D eigenvalue weighted by atomic mass is 10.1. The second-order valence-electron chi connectivity index (χ2n) is 7.48. The first-order valence-corrected chi connectivity index (χ1v) is 9.22. The normalized spacial score (nSPS) is 11.2. The lowest BCUT2D eigenvalue weighted by Crippen LogP contribution is -2.24. The number of fused-ring (bicyclic) bond motifs is 1. The average Bonchev–Trinajstić information content (AvgIpc) is 3.02. The van der Waals surface area contributed by atoms with Gasteiger partial charge in [-0.3, -0.25) is 9.59 Å². The molecule has 144 valence electrons. The third kappa shape index (κ3) is 6.78. The van der Waals surface area contributed by atoms with Gasteiger partial charge in [0.15, 0.2) is 5.76 Å². The lowest BCUT2D eigenvalue weighted by molar-refractivity contribution is -0.154. The van der Waals surface area contributed by atoms with Crippen LogP contribution in [0.15, 0.2) is 28.7 Å². The molecule has 0 aliphatic heterocycles. The highest BCUT2D eigenvalue weighted by atomic mass is 16.6. The predicted molar refractivity (Wildman–Crippen MR) is 102 cm³/mol. The zero-order valence-electron chi connectivity index (χ0n) is 16.1. The summed E-state index contributed by atoms with van der Waals surface area (Å²) in [5.74, 6) is -0.191. The number of furan rings is 1. The predicted octanol–water partition coefficient (Wildman–Crippen LogP) is 4.33. The van der Waals surface area contributed by atoms with E-state index in [0.717, 1.165) is 31.1 Å². The minimum Gasteiger partial charge on any atom is -0.460 e. The van der Waals surface area contributed by atoms with E-state index >= 15 is 0 Å². The maximum atomic E-state index is 12.1. The van der Waals surface area contributed by atoms with Crippen molar-refractivity contribution in [1.29, 1.82) is 5.26 Å². The molecule has 0 saturated carbocycles. The van der Waals surface area contributed by atoms with E-state index in [1.165, 1.54) is 0 Å². The van der Waals surface area contributed by atoms with Crippen molar-refractivity contribution in [2.75, 3.05) is 6.54 Å². The number of ether oxygens (including phenoxy) is 1. The van der Waals surface area contributed by atoms with E-state index in [1.807, 2.05) is 26.8 Å². The number of rotatable bonds is 8. The van der Waals surface area contributed by atoms with Crippen LogP contribution in [0.5, 0.6) is 0 Å². The Hall–Kier alpha value is -2.81. The fraction of sp³-hybridized carbons (Fsp3) is 0.476. The molecule has 1 aromatic heterocycles. The van der Waals surface area contributed by atoms with Crippen LogP contribution in [-0.4, -0.2) is 24.0 Å². The third-order valence-electron chi connectivity index (χ3n) is 3.89. The van der Waals surface area contributed by atoms with Crippen LogP contribution in [0.1, 0.15) is 69.0 Å². The Bertz CT molecular complexity index is 840. The molecular formula is C21H26N2O4. The SMILES string of the molecule is CC(C)(C)OC(=O)CCCCCCNC(=O)c1cc2ccc(C#N)cc2o1. The van der Waals surface area contributed by atoms with Crippen molar-refractivity contribution in [2.45, 2.75) is 58.5 Å². The van der Waals surface area contributed by atoms with Gasteiger partial charge < -0.3 is 14.5 Å². The molecule has 0 bridgehead atoms. The number of hydrogen-bond acceptors (Lipinski definition) is 5. The van der Waals surface area contributed by atoms with Crippen molar-refractivity contribution in [3.05, 3.63) is 35.6 Å². The van der Waals surface area contributed by atoms with Crippen molar-refractivity contribution in [3.8, 4) is 6.07 Å². The summed E-state index contributed by atoms with van der Waals surface area (Å²) >= 11 is 0. The van der Waals surface area contributed by atoms with Gasteiger partial charge in [-0.1, -0.05) is 12.8 Å². The van der Waals surface area contributed by atoms with E-state index in [0.29, 0.717) is 24.1 Å². The molecule has 27 heavy (non-hydrogen) atoms. The van der Waals surface area contributed by atoms with Gasteiger partial charge in [0.25, 0.3) is 5.91 Å². The van der Waals surface area contributed by atoms with Gasteiger partial charge in [-0.2, -0.15) is 5.26 Å².